The Kier molecular flexibility index (Phi) is 2.80. The second-order valence-corrected chi connectivity index (χ2v) is 4.34. The van der Waals surface area contributed by atoms with E-state index in [2.05, 4.69) is 4.98 Å². The van der Waals surface area contributed by atoms with Gasteiger partial charge in [-0.25, -0.2) is 4.98 Å². The summed E-state index contributed by atoms with van der Waals surface area (Å²) in [4.78, 5) is 4.64. The molecule has 0 atom stereocenters. The molecule has 19 heavy (non-hydrogen) atoms. The SMILES string of the molecule is COc1ccc(-c2cc(N)c3ccccc3n2)cc1. The van der Waals surface area contributed by atoms with Crippen molar-refractivity contribution < 1.29 is 4.74 Å². The molecule has 0 spiro atoms. The number of pyridine rings is 1. The van der Waals surface area contributed by atoms with Crippen LogP contribution in [0.2, 0.25) is 0 Å². The normalized spacial score (nSPS) is 10.6. The van der Waals surface area contributed by atoms with Crippen LogP contribution in [0.5, 0.6) is 5.75 Å². The van der Waals surface area contributed by atoms with Gasteiger partial charge in [0.05, 0.1) is 18.3 Å². The van der Waals surface area contributed by atoms with Gasteiger partial charge in [-0.1, -0.05) is 18.2 Å². The van der Waals surface area contributed by atoms with Crippen LogP contribution in [0.15, 0.2) is 54.6 Å². The summed E-state index contributed by atoms with van der Waals surface area (Å²) in [6.45, 7) is 0. The lowest BCUT2D eigenvalue weighted by atomic mass is 10.1. The molecule has 1 heterocycles. The Morgan fingerprint density at radius 1 is 1.00 bits per heavy atom. The number of nitrogens with two attached hydrogens (primary N) is 1. The van der Waals surface area contributed by atoms with Crippen molar-refractivity contribution in [2.75, 3.05) is 12.8 Å². The van der Waals surface area contributed by atoms with E-state index < -0.39 is 0 Å². The maximum atomic E-state index is 6.09. The molecule has 0 aliphatic carbocycles. The summed E-state index contributed by atoms with van der Waals surface area (Å²) in [6.07, 6.45) is 0. The second kappa shape index (κ2) is 4.61. The molecule has 3 aromatic rings. The molecule has 0 fully saturated rings. The van der Waals surface area contributed by atoms with Gasteiger partial charge < -0.3 is 10.5 Å². The van der Waals surface area contributed by atoms with E-state index in [1.165, 1.54) is 0 Å². The number of rotatable bonds is 2. The predicted molar refractivity (Wildman–Crippen MR) is 78.1 cm³/mol. The molecule has 2 aromatic carbocycles. The first-order chi connectivity index (χ1) is 9.28. The van der Waals surface area contributed by atoms with Crippen LogP contribution in [0.1, 0.15) is 0 Å². The van der Waals surface area contributed by atoms with Crippen molar-refractivity contribution in [3.63, 3.8) is 0 Å². The number of benzene rings is 2. The largest absolute Gasteiger partial charge is 0.497 e. The van der Waals surface area contributed by atoms with Gasteiger partial charge in [0.15, 0.2) is 0 Å². The molecule has 3 nitrogen and oxygen atoms in total. The Hall–Kier alpha value is -2.55. The van der Waals surface area contributed by atoms with Gasteiger partial charge in [0.25, 0.3) is 0 Å². The smallest absolute Gasteiger partial charge is 0.118 e. The standard InChI is InChI=1S/C16H14N2O/c1-19-12-8-6-11(7-9-12)16-10-14(17)13-4-2-3-5-15(13)18-16/h2-10H,1H3,(H2,17,18). The number of hydrogen-bond acceptors (Lipinski definition) is 3. The van der Waals surface area contributed by atoms with Crippen LogP contribution in [-0.2, 0) is 0 Å². The van der Waals surface area contributed by atoms with Crippen molar-refractivity contribution in [3.8, 4) is 17.0 Å². The van der Waals surface area contributed by atoms with Crippen LogP contribution in [0, 0.1) is 0 Å². The lowest BCUT2D eigenvalue weighted by molar-refractivity contribution is 0.415. The van der Waals surface area contributed by atoms with Gasteiger partial charge in [-0.2, -0.15) is 0 Å². The molecule has 0 saturated heterocycles. The molecule has 0 aliphatic heterocycles. The number of nitrogen functional groups attached to an aromatic ring is 1. The zero-order valence-corrected chi connectivity index (χ0v) is 10.6. The summed E-state index contributed by atoms with van der Waals surface area (Å²) in [5.41, 5.74) is 9.64. The fourth-order valence-electron chi connectivity index (χ4n) is 2.11. The molecular weight excluding hydrogens is 236 g/mol. The average molecular weight is 250 g/mol. The Labute approximate surface area is 111 Å². The molecule has 94 valence electrons. The van der Waals surface area contributed by atoms with Gasteiger partial charge in [-0.05, 0) is 36.4 Å². The third kappa shape index (κ3) is 2.10. The number of anilines is 1. The van der Waals surface area contributed by atoms with E-state index in [1.807, 2.05) is 54.6 Å². The van der Waals surface area contributed by atoms with Crippen LogP contribution in [0.3, 0.4) is 0 Å². The monoisotopic (exact) mass is 250 g/mol. The Bertz CT molecular complexity index is 720. The molecule has 0 radical (unpaired) electrons. The zero-order valence-electron chi connectivity index (χ0n) is 10.6. The van der Waals surface area contributed by atoms with E-state index in [1.54, 1.807) is 7.11 Å². The van der Waals surface area contributed by atoms with Gasteiger partial charge in [-0.15, -0.1) is 0 Å². The molecule has 2 N–H and O–H groups in total. The van der Waals surface area contributed by atoms with E-state index in [9.17, 15) is 0 Å². The van der Waals surface area contributed by atoms with Crippen LogP contribution in [-0.4, -0.2) is 12.1 Å². The van der Waals surface area contributed by atoms with E-state index in [0.29, 0.717) is 0 Å². The van der Waals surface area contributed by atoms with Crippen LogP contribution in [0.4, 0.5) is 5.69 Å². The number of ether oxygens (including phenoxy) is 1. The predicted octanol–water partition coefficient (Wildman–Crippen LogP) is 3.49. The Morgan fingerprint density at radius 2 is 1.74 bits per heavy atom. The van der Waals surface area contributed by atoms with Crippen molar-refractivity contribution in [3.05, 3.63) is 54.6 Å². The first-order valence-corrected chi connectivity index (χ1v) is 6.07. The van der Waals surface area contributed by atoms with E-state index in [-0.39, 0.29) is 0 Å². The summed E-state index contributed by atoms with van der Waals surface area (Å²) in [6, 6.07) is 17.6. The molecular formula is C16H14N2O. The minimum atomic E-state index is 0.747. The molecule has 3 heteroatoms. The molecule has 0 aliphatic rings. The molecule has 0 amide bonds. The zero-order chi connectivity index (χ0) is 13.2. The number of fused-ring (bicyclic) bond motifs is 1. The highest BCUT2D eigenvalue weighted by Crippen LogP contribution is 2.27. The van der Waals surface area contributed by atoms with Gasteiger partial charge in [0.2, 0.25) is 0 Å². The fourth-order valence-corrected chi connectivity index (χ4v) is 2.11. The Balaban J connectivity index is 2.14. The van der Waals surface area contributed by atoms with Gasteiger partial charge >= 0.3 is 0 Å². The van der Waals surface area contributed by atoms with Crippen molar-refractivity contribution in [2.24, 2.45) is 0 Å². The summed E-state index contributed by atoms with van der Waals surface area (Å²) in [5.74, 6) is 0.831. The third-order valence-corrected chi connectivity index (χ3v) is 3.13. The van der Waals surface area contributed by atoms with Crippen LogP contribution >= 0.6 is 0 Å². The fraction of sp³-hybridized carbons (Fsp3) is 0.0625. The van der Waals surface area contributed by atoms with Gasteiger partial charge in [0.1, 0.15) is 5.75 Å². The molecule has 0 saturated carbocycles. The summed E-state index contributed by atoms with van der Waals surface area (Å²) in [7, 11) is 1.65. The summed E-state index contributed by atoms with van der Waals surface area (Å²) >= 11 is 0. The highest BCUT2D eigenvalue weighted by molar-refractivity contribution is 5.92. The molecule has 0 bridgehead atoms. The van der Waals surface area contributed by atoms with E-state index in [0.717, 1.165) is 33.6 Å². The lowest BCUT2D eigenvalue weighted by Gasteiger charge is -2.07. The first-order valence-electron chi connectivity index (χ1n) is 6.07. The lowest BCUT2D eigenvalue weighted by Crippen LogP contribution is -1.92. The second-order valence-electron chi connectivity index (χ2n) is 4.34. The van der Waals surface area contributed by atoms with E-state index >= 15 is 0 Å². The molecule has 1 aromatic heterocycles. The van der Waals surface area contributed by atoms with Crippen LogP contribution in [0.25, 0.3) is 22.2 Å². The maximum absolute atomic E-state index is 6.09. The van der Waals surface area contributed by atoms with Crippen molar-refractivity contribution in [1.29, 1.82) is 0 Å². The number of methoxy groups -OCH3 is 1. The minimum Gasteiger partial charge on any atom is -0.497 e. The number of para-hydroxylation sites is 1. The van der Waals surface area contributed by atoms with Crippen LogP contribution < -0.4 is 10.5 Å². The number of hydrogen-bond donors (Lipinski definition) is 1. The number of aromatic nitrogens is 1. The van der Waals surface area contributed by atoms with E-state index in [4.69, 9.17) is 10.5 Å². The highest BCUT2D eigenvalue weighted by Gasteiger charge is 2.05. The first kappa shape index (κ1) is 11.5. The maximum Gasteiger partial charge on any atom is 0.118 e. The topological polar surface area (TPSA) is 48.1 Å². The summed E-state index contributed by atoms with van der Waals surface area (Å²) < 4.78 is 5.15. The molecule has 0 unspecified atom stereocenters. The number of nitrogens with zero attached hydrogens (tertiary/aromatic N) is 1. The van der Waals surface area contributed by atoms with Crippen molar-refractivity contribution in [2.45, 2.75) is 0 Å². The Morgan fingerprint density at radius 3 is 2.47 bits per heavy atom. The van der Waals surface area contributed by atoms with Gasteiger partial charge in [0, 0.05) is 16.6 Å². The third-order valence-electron chi connectivity index (χ3n) is 3.13. The van der Waals surface area contributed by atoms with Crippen molar-refractivity contribution in [1.82, 2.24) is 4.98 Å². The highest BCUT2D eigenvalue weighted by atomic mass is 16.5. The van der Waals surface area contributed by atoms with Crippen molar-refractivity contribution >= 4 is 16.6 Å². The minimum absolute atomic E-state index is 0.747. The average Bonchev–Trinajstić information content (AvgIpc) is 2.47. The summed E-state index contributed by atoms with van der Waals surface area (Å²) in [5, 5.41) is 0.986. The quantitative estimate of drug-likeness (QED) is 0.757. The molecule has 3 rings (SSSR count). The van der Waals surface area contributed by atoms with Gasteiger partial charge in [-0.3, -0.25) is 0 Å².